The first-order valence-electron chi connectivity index (χ1n) is 7.46. The van der Waals surface area contributed by atoms with Gasteiger partial charge in [0, 0.05) is 12.6 Å². The maximum Gasteiger partial charge on any atom is 0.307 e. The van der Waals surface area contributed by atoms with Crippen molar-refractivity contribution in [3.63, 3.8) is 0 Å². The van der Waals surface area contributed by atoms with Crippen LogP contribution in [0.5, 0.6) is 0 Å². The highest BCUT2D eigenvalue weighted by molar-refractivity contribution is 5.69. The van der Waals surface area contributed by atoms with Crippen LogP contribution in [0.15, 0.2) is 0 Å². The van der Waals surface area contributed by atoms with Crippen LogP contribution in [0.2, 0.25) is 0 Å². The van der Waals surface area contributed by atoms with Gasteiger partial charge in [-0.3, -0.25) is 4.79 Å². The van der Waals surface area contributed by atoms with Crippen molar-refractivity contribution in [2.45, 2.75) is 52.0 Å². The second-order valence-electron chi connectivity index (χ2n) is 6.23. The Labute approximate surface area is 111 Å². The lowest BCUT2D eigenvalue weighted by molar-refractivity contribution is -0.144. The van der Waals surface area contributed by atoms with Gasteiger partial charge in [0.1, 0.15) is 0 Å². The van der Waals surface area contributed by atoms with Crippen molar-refractivity contribution in [1.29, 1.82) is 0 Å². The number of carbonyl (C=O) groups excluding carboxylic acids is 1. The summed E-state index contributed by atoms with van der Waals surface area (Å²) >= 11 is 0. The number of carbonyl (C=O) groups is 1. The molecular formula is C15H27NO2. The van der Waals surface area contributed by atoms with Crippen molar-refractivity contribution in [3.8, 4) is 0 Å². The molecule has 0 N–H and O–H groups in total. The van der Waals surface area contributed by atoms with Crippen molar-refractivity contribution in [1.82, 2.24) is 4.90 Å². The van der Waals surface area contributed by atoms with Gasteiger partial charge in [-0.25, -0.2) is 0 Å². The molecule has 0 aromatic heterocycles. The number of hydrogen-bond donors (Lipinski definition) is 0. The second-order valence-corrected chi connectivity index (χ2v) is 6.23. The lowest BCUT2D eigenvalue weighted by Crippen LogP contribution is -2.36. The molecule has 2 bridgehead atoms. The molecule has 0 aromatic rings. The summed E-state index contributed by atoms with van der Waals surface area (Å²) in [5.74, 6) is 2.78. The van der Waals surface area contributed by atoms with E-state index in [0.717, 1.165) is 24.3 Å². The molecule has 2 rings (SSSR count). The number of hydrogen-bond acceptors (Lipinski definition) is 3. The van der Waals surface area contributed by atoms with Gasteiger partial charge in [0.15, 0.2) is 0 Å². The van der Waals surface area contributed by atoms with Gasteiger partial charge in [0.2, 0.25) is 0 Å². The molecule has 0 heterocycles. The van der Waals surface area contributed by atoms with Crippen LogP contribution in [-0.4, -0.2) is 37.1 Å². The topological polar surface area (TPSA) is 29.5 Å². The maximum atomic E-state index is 11.5. The molecule has 0 radical (unpaired) electrons. The lowest BCUT2D eigenvalue weighted by atomic mass is 9.88. The monoisotopic (exact) mass is 253 g/mol. The van der Waals surface area contributed by atoms with Gasteiger partial charge in [-0.05, 0) is 57.9 Å². The van der Waals surface area contributed by atoms with Crippen LogP contribution in [-0.2, 0) is 9.53 Å². The Balaban J connectivity index is 1.73. The maximum absolute atomic E-state index is 11.5. The predicted octanol–water partition coefficient (Wildman–Crippen LogP) is 2.70. The molecular weight excluding hydrogens is 226 g/mol. The second kappa shape index (κ2) is 6.05. The lowest BCUT2D eigenvalue weighted by Gasteiger charge is -2.30. The summed E-state index contributed by atoms with van der Waals surface area (Å²) in [6.07, 6.45) is 6.30. The average Bonchev–Trinajstić information content (AvgIpc) is 2.90. The fraction of sp³-hybridized carbons (Fsp3) is 0.933. The fourth-order valence-electron chi connectivity index (χ4n) is 3.77. The zero-order valence-corrected chi connectivity index (χ0v) is 12.0. The summed E-state index contributed by atoms with van der Waals surface area (Å²) in [5.41, 5.74) is 0. The summed E-state index contributed by atoms with van der Waals surface area (Å²) in [6, 6.07) is 0.295. The third-order valence-corrected chi connectivity index (χ3v) is 4.93. The summed E-state index contributed by atoms with van der Waals surface area (Å²) in [6.45, 7) is 5.63. The number of esters is 1. The molecule has 0 amide bonds. The Hall–Kier alpha value is -0.570. The van der Waals surface area contributed by atoms with E-state index >= 15 is 0 Å². The molecule has 2 fully saturated rings. The van der Waals surface area contributed by atoms with E-state index in [2.05, 4.69) is 18.9 Å². The van der Waals surface area contributed by atoms with E-state index in [1.165, 1.54) is 25.7 Å². The first-order chi connectivity index (χ1) is 8.60. The molecule has 2 saturated carbocycles. The molecule has 0 aliphatic heterocycles. The molecule has 0 spiro atoms. The van der Waals surface area contributed by atoms with Gasteiger partial charge in [-0.15, -0.1) is 0 Å². The van der Waals surface area contributed by atoms with Gasteiger partial charge in [0.25, 0.3) is 0 Å². The minimum absolute atomic E-state index is 0.0650. The molecule has 0 saturated heterocycles. The Morgan fingerprint density at radius 2 is 2.17 bits per heavy atom. The van der Waals surface area contributed by atoms with E-state index in [4.69, 9.17) is 4.74 Å². The number of ether oxygens (including phenoxy) is 1. The molecule has 4 unspecified atom stereocenters. The van der Waals surface area contributed by atoms with E-state index in [1.54, 1.807) is 0 Å². The standard InChI is InChI=1S/C15H27NO2/c1-4-18-15(17)7-11(2)16(3)10-14-9-12-5-6-13(14)8-12/h11-14H,4-10H2,1-3H3. The van der Waals surface area contributed by atoms with Gasteiger partial charge in [-0.2, -0.15) is 0 Å². The molecule has 3 heteroatoms. The number of nitrogens with zero attached hydrogens (tertiary/aromatic N) is 1. The Morgan fingerprint density at radius 3 is 2.72 bits per heavy atom. The van der Waals surface area contributed by atoms with Gasteiger partial charge < -0.3 is 9.64 Å². The predicted molar refractivity (Wildman–Crippen MR) is 72.3 cm³/mol. The summed E-state index contributed by atoms with van der Waals surface area (Å²) in [7, 11) is 2.15. The van der Waals surface area contributed by atoms with E-state index in [9.17, 15) is 4.79 Å². The molecule has 2 aliphatic rings. The highest BCUT2D eigenvalue weighted by atomic mass is 16.5. The van der Waals surface area contributed by atoms with Crippen LogP contribution in [0.4, 0.5) is 0 Å². The van der Waals surface area contributed by atoms with Gasteiger partial charge in [-0.1, -0.05) is 6.42 Å². The van der Waals surface area contributed by atoms with E-state index in [0.29, 0.717) is 19.1 Å². The average molecular weight is 253 g/mol. The van der Waals surface area contributed by atoms with Crippen LogP contribution in [0.1, 0.15) is 46.0 Å². The zero-order chi connectivity index (χ0) is 13.1. The minimum Gasteiger partial charge on any atom is -0.466 e. The van der Waals surface area contributed by atoms with Crippen molar-refractivity contribution in [2.24, 2.45) is 17.8 Å². The molecule has 3 nitrogen and oxygen atoms in total. The SMILES string of the molecule is CCOC(=O)CC(C)N(C)CC1CC2CCC1C2. The van der Waals surface area contributed by atoms with E-state index in [1.807, 2.05) is 6.92 Å². The van der Waals surface area contributed by atoms with Crippen molar-refractivity contribution < 1.29 is 9.53 Å². The molecule has 104 valence electrons. The minimum atomic E-state index is -0.0650. The highest BCUT2D eigenvalue weighted by Gasteiger charge is 2.39. The van der Waals surface area contributed by atoms with Crippen LogP contribution in [0, 0.1) is 17.8 Å². The normalized spacial score (nSPS) is 31.9. The summed E-state index contributed by atoms with van der Waals surface area (Å²) < 4.78 is 5.02. The Kier molecular flexibility index (Phi) is 4.66. The van der Waals surface area contributed by atoms with Crippen molar-refractivity contribution >= 4 is 5.97 Å². The first-order valence-corrected chi connectivity index (χ1v) is 7.46. The van der Waals surface area contributed by atoms with Crippen LogP contribution < -0.4 is 0 Å². The summed E-state index contributed by atoms with van der Waals surface area (Å²) in [4.78, 5) is 13.8. The zero-order valence-electron chi connectivity index (χ0n) is 12.0. The largest absolute Gasteiger partial charge is 0.466 e. The number of fused-ring (bicyclic) bond motifs is 2. The van der Waals surface area contributed by atoms with Crippen molar-refractivity contribution in [3.05, 3.63) is 0 Å². The van der Waals surface area contributed by atoms with Gasteiger partial charge >= 0.3 is 5.97 Å². The quantitative estimate of drug-likeness (QED) is 0.682. The van der Waals surface area contributed by atoms with Crippen LogP contribution in [0.25, 0.3) is 0 Å². The van der Waals surface area contributed by atoms with Crippen LogP contribution in [0.3, 0.4) is 0 Å². The van der Waals surface area contributed by atoms with Crippen molar-refractivity contribution in [2.75, 3.05) is 20.2 Å². The third-order valence-electron chi connectivity index (χ3n) is 4.93. The molecule has 0 aromatic carbocycles. The smallest absolute Gasteiger partial charge is 0.307 e. The Morgan fingerprint density at radius 1 is 1.39 bits per heavy atom. The number of rotatable bonds is 6. The summed E-state index contributed by atoms with van der Waals surface area (Å²) in [5, 5.41) is 0. The first kappa shape index (κ1) is 13.9. The molecule has 4 atom stereocenters. The van der Waals surface area contributed by atoms with E-state index in [-0.39, 0.29) is 5.97 Å². The fourth-order valence-corrected chi connectivity index (χ4v) is 3.77. The van der Waals surface area contributed by atoms with E-state index < -0.39 is 0 Å². The highest BCUT2D eigenvalue weighted by Crippen LogP contribution is 2.48. The third kappa shape index (κ3) is 3.25. The van der Waals surface area contributed by atoms with Gasteiger partial charge in [0.05, 0.1) is 13.0 Å². The van der Waals surface area contributed by atoms with Crippen LogP contribution >= 0.6 is 0 Å². The molecule has 2 aliphatic carbocycles. The molecule has 18 heavy (non-hydrogen) atoms. The Bertz CT molecular complexity index is 292.